The van der Waals surface area contributed by atoms with Crippen LogP contribution in [0.5, 0.6) is 0 Å². The highest BCUT2D eigenvalue weighted by molar-refractivity contribution is 8.42. The van der Waals surface area contributed by atoms with E-state index in [-0.39, 0.29) is 8.63 Å². The Morgan fingerprint density at radius 2 is 2.67 bits per heavy atom. The molecule has 0 aliphatic carbocycles. The summed E-state index contributed by atoms with van der Waals surface area (Å²) in [5, 5.41) is 1.89. The summed E-state index contributed by atoms with van der Waals surface area (Å²) in [5.74, 6) is 0. The minimum Gasteiger partial charge on any atom is -0.476 e. The van der Waals surface area contributed by atoms with Crippen LogP contribution in [0, 0.1) is 0 Å². The van der Waals surface area contributed by atoms with E-state index >= 15 is 0 Å². The molecule has 6 heavy (non-hydrogen) atoms. The van der Waals surface area contributed by atoms with Gasteiger partial charge in [-0.3, -0.25) is 11.2 Å². The largest absolute Gasteiger partial charge is 0.476 e. The average Bonchev–Trinajstić information content (AvgIpc) is 1.86. The van der Waals surface area contributed by atoms with Crippen LogP contribution < -0.4 is 0 Å². The van der Waals surface area contributed by atoms with Crippen molar-refractivity contribution in [2.45, 2.75) is 0 Å². The Morgan fingerprint density at radius 3 is 2.83 bits per heavy atom. The summed E-state index contributed by atoms with van der Waals surface area (Å²) in [5.41, 5.74) is 0. The SMILES string of the molecule is S=[S-]1=POC=C1. The highest BCUT2D eigenvalue weighted by Crippen LogP contribution is 2.09. The third-order valence-corrected chi connectivity index (χ3v) is 2.99. The number of rotatable bonds is 0. The third kappa shape index (κ3) is 0.934. The molecule has 0 saturated carbocycles. The van der Waals surface area contributed by atoms with E-state index in [4.69, 9.17) is 15.7 Å². The van der Waals surface area contributed by atoms with Crippen molar-refractivity contribution in [2.75, 3.05) is 0 Å². The molecule has 4 heteroatoms. The summed E-state index contributed by atoms with van der Waals surface area (Å²) >= 11 is 4.81. The van der Waals surface area contributed by atoms with Gasteiger partial charge < -0.3 is 13.2 Å². The molecular weight excluding hydrogens is 135 g/mol. The molecule has 0 N–H and O–H groups in total. The first-order chi connectivity index (χ1) is 2.89. The topological polar surface area (TPSA) is 9.23 Å². The molecule has 0 fully saturated rings. The molecule has 0 bridgehead atoms. The molecule has 0 aromatic heterocycles. The standard InChI is InChI=1S/C2H2OPS2/c5-6-2-1-3-4-6/h1-2H/q-1. The Kier molecular flexibility index (Phi) is 1.46. The van der Waals surface area contributed by atoms with Crippen LogP contribution in [0.15, 0.2) is 11.7 Å². The van der Waals surface area contributed by atoms with Gasteiger partial charge >= 0.3 is 0 Å². The Morgan fingerprint density at radius 1 is 1.83 bits per heavy atom. The van der Waals surface area contributed by atoms with Gasteiger partial charge in [0.2, 0.25) is 0 Å². The summed E-state index contributed by atoms with van der Waals surface area (Å²) in [4.78, 5) is 0. The van der Waals surface area contributed by atoms with Crippen LogP contribution in [0.25, 0.3) is 0 Å². The Balaban J connectivity index is 2.96. The molecule has 0 atom stereocenters. The molecule has 34 valence electrons. The van der Waals surface area contributed by atoms with E-state index in [1.807, 2.05) is 5.41 Å². The zero-order valence-corrected chi connectivity index (χ0v) is 5.35. The molecule has 0 aromatic carbocycles. The highest BCUT2D eigenvalue weighted by Gasteiger charge is 1.65. The molecule has 0 radical (unpaired) electrons. The van der Waals surface area contributed by atoms with Crippen molar-refractivity contribution in [3.63, 3.8) is 0 Å². The van der Waals surface area contributed by atoms with E-state index < -0.39 is 0 Å². The van der Waals surface area contributed by atoms with E-state index in [2.05, 4.69) is 0 Å². The lowest BCUT2D eigenvalue weighted by Gasteiger charge is -1.79. The van der Waals surface area contributed by atoms with Crippen molar-refractivity contribution >= 4 is 27.4 Å². The van der Waals surface area contributed by atoms with Crippen LogP contribution in [0.4, 0.5) is 0 Å². The van der Waals surface area contributed by atoms with Gasteiger partial charge in [-0.1, -0.05) is 0 Å². The fourth-order valence-corrected chi connectivity index (χ4v) is 1.80. The molecule has 0 aromatic rings. The predicted octanol–water partition coefficient (Wildman–Crippen LogP) is 1.34. The van der Waals surface area contributed by atoms with Gasteiger partial charge in [-0.25, -0.2) is 0 Å². The second-order valence-corrected chi connectivity index (χ2v) is 5.36. The van der Waals surface area contributed by atoms with Gasteiger partial charge in [-0.15, -0.1) is 5.41 Å². The smallest absolute Gasteiger partial charge is 0.0674 e. The lowest BCUT2D eigenvalue weighted by Crippen LogP contribution is -1.41. The minimum atomic E-state index is -0.0201. The molecule has 0 spiro atoms. The van der Waals surface area contributed by atoms with E-state index in [1.54, 1.807) is 6.26 Å². The predicted molar refractivity (Wildman–Crippen MR) is 31.9 cm³/mol. The van der Waals surface area contributed by atoms with Gasteiger partial charge in [0.1, 0.15) is 0 Å². The first kappa shape index (κ1) is 4.57. The van der Waals surface area contributed by atoms with Gasteiger partial charge in [-0.05, 0) is 7.58 Å². The van der Waals surface area contributed by atoms with Crippen LogP contribution in [0.2, 0.25) is 0 Å². The quantitative estimate of drug-likeness (QED) is 0.368. The molecule has 1 aliphatic rings. The van der Waals surface area contributed by atoms with Crippen molar-refractivity contribution < 1.29 is 4.52 Å². The van der Waals surface area contributed by atoms with Gasteiger partial charge in [-0.2, -0.15) is 0 Å². The van der Waals surface area contributed by atoms with Crippen molar-refractivity contribution in [2.24, 2.45) is 0 Å². The van der Waals surface area contributed by atoms with Crippen LogP contribution >= 0.6 is 7.58 Å². The van der Waals surface area contributed by atoms with Crippen molar-refractivity contribution in [1.82, 2.24) is 0 Å². The Bertz CT molecular complexity index is 144. The van der Waals surface area contributed by atoms with Gasteiger partial charge in [0.25, 0.3) is 0 Å². The summed E-state index contributed by atoms with van der Waals surface area (Å²) < 4.78 is 4.76. The Labute approximate surface area is 44.1 Å². The maximum Gasteiger partial charge on any atom is 0.0674 e. The fraction of sp³-hybridized carbons (Fsp3) is 0. The van der Waals surface area contributed by atoms with Gasteiger partial charge in [0.15, 0.2) is 0 Å². The second kappa shape index (κ2) is 1.92. The normalized spacial score (nSPS) is 22.7. The zero-order valence-electron chi connectivity index (χ0n) is 2.83. The summed E-state index contributed by atoms with van der Waals surface area (Å²) in [6.07, 6.45) is 1.65. The van der Waals surface area contributed by atoms with Crippen molar-refractivity contribution in [3.05, 3.63) is 11.7 Å². The average molecular weight is 137 g/mol. The lowest BCUT2D eigenvalue weighted by molar-refractivity contribution is 0.567. The summed E-state index contributed by atoms with van der Waals surface area (Å²) in [6, 6.07) is 0. The Hall–Kier alpha value is 0.410. The fourth-order valence-electron chi connectivity index (χ4n) is 0.164. The second-order valence-electron chi connectivity index (χ2n) is 0.728. The molecule has 0 unspecified atom stereocenters. The molecule has 1 nitrogen and oxygen atoms in total. The van der Waals surface area contributed by atoms with Crippen LogP contribution in [0.1, 0.15) is 0 Å². The molecule has 1 heterocycles. The molecule has 0 saturated heterocycles. The maximum absolute atomic E-state index is 4.81. The first-order valence-corrected chi connectivity index (χ1v) is 4.97. The van der Waals surface area contributed by atoms with Crippen molar-refractivity contribution in [3.8, 4) is 0 Å². The number of hydrogen-bond donors (Lipinski definition) is 0. The molecule has 1 aliphatic heterocycles. The summed E-state index contributed by atoms with van der Waals surface area (Å²) in [6.45, 7) is 0. The van der Waals surface area contributed by atoms with E-state index in [1.165, 1.54) is 0 Å². The molecule has 0 amide bonds. The maximum atomic E-state index is 4.81. The molecule has 1 rings (SSSR count). The summed E-state index contributed by atoms with van der Waals surface area (Å²) in [7, 11) is 0.901. The molecular formula is C2H2OPS2-. The minimum absolute atomic E-state index is 0.0201. The van der Waals surface area contributed by atoms with Crippen molar-refractivity contribution in [1.29, 1.82) is 0 Å². The van der Waals surface area contributed by atoms with E-state index in [9.17, 15) is 0 Å². The lowest BCUT2D eigenvalue weighted by atomic mass is 11.2. The zero-order chi connectivity index (χ0) is 4.41. The van der Waals surface area contributed by atoms with Crippen LogP contribution in [-0.2, 0) is 24.3 Å². The van der Waals surface area contributed by atoms with Gasteiger partial charge in [0.05, 0.1) is 6.26 Å². The number of hydrogen-bond acceptors (Lipinski definition) is 3. The van der Waals surface area contributed by atoms with E-state index in [0.717, 1.165) is 7.58 Å². The third-order valence-electron chi connectivity index (χ3n) is 0.349. The van der Waals surface area contributed by atoms with Gasteiger partial charge in [0, 0.05) is 0 Å². The van der Waals surface area contributed by atoms with Crippen LogP contribution in [-0.4, -0.2) is 0 Å². The first-order valence-electron chi connectivity index (χ1n) is 1.34. The highest BCUT2D eigenvalue weighted by atomic mass is 32.9. The monoisotopic (exact) mass is 137 g/mol. The van der Waals surface area contributed by atoms with E-state index in [0.29, 0.717) is 0 Å². The van der Waals surface area contributed by atoms with Crippen LogP contribution in [0.3, 0.4) is 0 Å².